The van der Waals surface area contributed by atoms with Crippen LogP contribution in [-0.2, 0) is 9.59 Å². The number of allylic oxidation sites excluding steroid dienone is 2. The van der Waals surface area contributed by atoms with Crippen LogP contribution in [0.4, 0.5) is 5.69 Å². The van der Waals surface area contributed by atoms with Crippen molar-refractivity contribution >= 4 is 52.3 Å². The molecule has 0 aromatic heterocycles. The molecule has 114 valence electrons. The fraction of sp³-hybridized carbons (Fsp3) is 0.333. The van der Waals surface area contributed by atoms with Gasteiger partial charge in [0.15, 0.2) is 0 Å². The zero-order valence-corrected chi connectivity index (χ0v) is 13.5. The van der Waals surface area contributed by atoms with Crippen molar-refractivity contribution in [2.45, 2.75) is 6.42 Å². The summed E-state index contributed by atoms with van der Waals surface area (Å²) in [5.74, 6) is -0.633. The maximum Gasteiger partial charge on any atom is 0.252 e. The Labute approximate surface area is 142 Å². The number of imide groups is 1. The van der Waals surface area contributed by atoms with Crippen molar-refractivity contribution in [3.05, 3.63) is 39.4 Å². The van der Waals surface area contributed by atoms with Crippen LogP contribution < -0.4 is 5.43 Å². The molecule has 1 aliphatic heterocycles. The van der Waals surface area contributed by atoms with Gasteiger partial charge in [-0.2, -0.15) is 5.01 Å². The van der Waals surface area contributed by atoms with Crippen molar-refractivity contribution < 1.29 is 9.59 Å². The molecule has 4 rings (SSSR count). The second-order valence-corrected chi connectivity index (χ2v) is 7.12. The van der Waals surface area contributed by atoms with E-state index in [2.05, 4.69) is 5.43 Å². The van der Waals surface area contributed by atoms with E-state index in [1.807, 2.05) is 12.2 Å². The first-order chi connectivity index (χ1) is 10.5. The van der Waals surface area contributed by atoms with Gasteiger partial charge in [-0.15, -0.1) is 0 Å². The van der Waals surface area contributed by atoms with Gasteiger partial charge in [0.2, 0.25) is 0 Å². The first-order valence-electron chi connectivity index (χ1n) is 6.94. The number of nitrogens with zero attached hydrogens (tertiary/aromatic N) is 1. The highest BCUT2D eigenvalue weighted by Crippen LogP contribution is 2.52. The standard InChI is InChI=1S/C15H11Cl3N2O2/c16-8-4-9(17)13(10(18)5-8)19-20-14(21)11-6-1-2-7(3-6)12(11)15(20)22/h1-2,4-7,11-12,19H,3H2/t6-,7-,11-,12+/m0/s1. The Kier molecular flexibility index (Phi) is 3.19. The van der Waals surface area contributed by atoms with Crippen LogP contribution in [0.5, 0.6) is 0 Å². The number of halogens is 3. The quantitative estimate of drug-likeness (QED) is 0.647. The maximum absolute atomic E-state index is 12.6. The van der Waals surface area contributed by atoms with Crippen LogP contribution in [0.3, 0.4) is 0 Å². The smallest absolute Gasteiger partial charge is 0.252 e. The van der Waals surface area contributed by atoms with Crippen molar-refractivity contribution in [3.63, 3.8) is 0 Å². The highest BCUT2D eigenvalue weighted by atomic mass is 35.5. The van der Waals surface area contributed by atoms with E-state index in [0.717, 1.165) is 11.4 Å². The molecule has 1 aromatic carbocycles. The number of hydrazine groups is 1. The van der Waals surface area contributed by atoms with E-state index in [9.17, 15) is 9.59 Å². The summed E-state index contributed by atoms with van der Waals surface area (Å²) in [5, 5.41) is 1.97. The van der Waals surface area contributed by atoms with E-state index >= 15 is 0 Å². The maximum atomic E-state index is 12.6. The summed E-state index contributed by atoms with van der Waals surface area (Å²) in [6, 6.07) is 3.02. The molecule has 2 fully saturated rings. The Hall–Kier alpha value is -1.23. The van der Waals surface area contributed by atoms with Gasteiger partial charge >= 0.3 is 0 Å². The van der Waals surface area contributed by atoms with E-state index in [1.54, 1.807) is 0 Å². The Bertz CT molecular complexity index is 680. The third-order valence-electron chi connectivity index (χ3n) is 4.70. The van der Waals surface area contributed by atoms with Crippen molar-refractivity contribution in [2.75, 3.05) is 5.43 Å². The number of fused-ring (bicyclic) bond motifs is 5. The number of hydrogen-bond donors (Lipinski definition) is 1. The Morgan fingerprint density at radius 3 is 1.95 bits per heavy atom. The van der Waals surface area contributed by atoms with Crippen molar-refractivity contribution in [1.82, 2.24) is 5.01 Å². The lowest BCUT2D eigenvalue weighted by atomic mass is 9.85. The molecule has 1 saturated heterocycles. The number of rotatable bonds is 2. The van der Waals surface area contributed by atoms with Gasteiger partial charge in [0.1, 0.15) is 0 Å². The molecule has 0 radical (unpaired) electrons. The van der Waals surface area contributed by atoms with Gasteiger partial charge in [0.05, 0.1) is 27.6 Å². The minimum Gasteiger partial charge on any atom is -0.286 e. The lowest BCUT2D eigenvalue weighted by Gasteiger charge is -2.20. The highest BCUT2D eigenvalue weighted by Gasteiger charge is 2.59. The van der Waals surface area contributed by atoms with Crippen molar-refractivity contribution in [1.29, 1.82) is 0 Å². The lowest BCUT2D eigenvalue weighted by Crippen LogP contribution is -2.38. The molecule has 0 unspecified atom stereocenters. The molecule has 1 heterocycles. The monoisotopic (exact) mass is 356 g/mol. The van der Waals surface area contributed by atoms with Gasteiger partial charge in [-0.3, -0.25) is 15.0 Å². The van der Waals surface area contributed by atoms with Gasteiger partial charge in [-0.05, 0) is 30.4 Å². The van der Waals surface area contributed by atoms with Crippen LogP contribution in [0.25, 0.3) is 0 Å². The molecule has 2 bridgehead atoms. The molecule has 4 nitrogen and oxygen atoms in total. The fourth-order valence-electron chi connectivity index (χ4n) is 3.77. The van der Waals surface area contributed by atoms with E-state index in [0.29, 0.717) is 10.7 Å². The summed E-state index contributed by atoms with van der Waals surface area (Å²) < 4.78 is 0. The van der Waals surface area contributed by atoms with Crippen molar-refractivity contribution in [2.24, 2.45) is 23.7 Å². The molecular weight excluding hydrogens is 347 g/mol. The minimum atomic E-state index is -0.264. The van der Waals surface area contributed by atoms with Crippen LogP contribution in [0.2, 0.25) is 15.1 Å². The van der Waals surface area contributed by atoms with Gasteiger partial charge in [0, 0.05) is 5.02 Å². The zero-order valence-electron chi connectivity index (χ0n) is 11.2. The lowest BCUT2D eigenvalue weighted by molar-refractivity contribution is -0.139. The van der Waals surface area contributed by atoms with Crippen molar-refractivity contribution in [3.8, 4) is 0 Å². The van der Waals surface area contributed by atoms with Crippen LogP contribution in [-0.4, -0.2) is 16.8 Å². The number of hydrogen-bond acceptors (Lipinski definition) is 3. The highest BCUT2D eigenvalue weighted by molar-refractivity contribution is 6.41. The van der Waals surface area contributed by atoms with E-state index in [-0.39, 0.29) is 45.5 Å². The van der Waals surface area contributed by atoms with Gasteiger partial charge in [0.25, 0.3) is 11.8 Å². The number of carbonyl (C=O) groups excluding carboxylic acids is 2. The van der Waals surface area contributed by atoms with Crippen LogP contribution in [0, 0.1) is 23.7 Å². The Morgan fingerprint density at radius 2 is 1.45 bits per heavy atom. The zero-order chi connectivity index (χ0) is 15.6. The van der Waals surface area contributed by atoms with Crippen LogP contribution in [0.1, 0.15) is 6.42 Å². The molecule has 2 amide bonds. The van der Waals surface area contributed by atoms with E-state index in [1.165, 1.54) is 12.1 Å². The summed E-state index contributed by atoms with van der Waals surface area (Å²) in [4.78, 5) is 25.2. The molecule has 1 saturated carbocycles. The normalized spacial score (nSPS) is 32.0. The number of anilines is 1. The second kappa shape index (κ2) is 4.88. The topological polar surface area (TPSA) is 49.4 Å². The molecule has 1 N–H and O–H groups in total. The second-order valence-electron chi connectivity index (χ2n) is 5.87. The molecule has 2 aliphatic carbocycles. The fourth-order valence-corrected chi connectivity index (χ4v) is 4.67. The molecule has 3 aliphatic rings. The van der Waals surface area contributed by atoms with Gasteiger partial charge in [-0.1, -0.05) is 47.0 Å². The number of carbonyl (C=O) groups is 2. The first-order valence-corrected chi connectivity index (χ1v) is 8.08. The number of amides is 2. The molecule has 22 heavy (non-hydrogen) atoms. The third kappa shape index (κ3) is 1.91. The number of benzene rings is 1. The van der Waals surface area contributed by atoms with Crippen LogP contribution >= 0.6 is 34.8 Å². The summed E-state index contributed by atoms with van der Waals surface area (Å²) in [6.07, 6.45) is 4.98. The summed E-state index contributed by atoms with van der Waals surface area (Å²) in [6.45, 7) is 0. The average molecular weight is 358 g/mol. The first kappa shape index (κ1) is 14.4. The van der Waals surface area contributed by atoms with Gasteiger partial charge in [-0.25, -0.2) is 0 Å². The van der Waals surface area contributed by atoms with Crippen LogP contribution in [0.15, 0.2) is 24.3 Å². The molecule has 7 heteroatoms. The summed E-state index contributed by atoms with van der Waals surface area (Å²) in [5.41, 5.74) is 3.10. The predicted molar refractivity (Wildman–Crippen MR) is 84.7 cm³/mol. The van der Waals surface area contributed by atoms with E-state index < -0.39 is 0 Å². The molecule has 1 aromatic rings. The number of nitrogens with one attached hydrogen (secondary N) is 1. The predicted octanol–water partition coefficient (Wildman–Crippen LogP) is 3.78. The molecular formula is C15H11Cl3N2O2. The SMILES string of the molecule is O=C1[C@@H]2[C@H](C(=O)N1Nc1c(Cl)cc(Cl)cc1Cl)[C@H]1C=C[C@H]2C1. The summed E-state index contributed by atoms with van der Waals surface area (Å²) in [7, 11) is 0. The average Bonchev–Trinajstić information content (AvgIpc) is 3.10. The third-order valence-corrected chi connectivity index (χ3v) is 5.52. The van der Waals surface area contributed by atoms with Gasteiger partial charge < -0.3 is 0 Å². The Morgan fingerprint density at radius 1 is 0.955 bits per heavy atom. The Balaban J connectivity index is 1.66. The molecule has 4 atom stereocenters. The largest absolute Gasteiger partial charge is 0.286 e. The minimum absolute atomic E-state index is 0.161. The molecule has 0 spiro atoms. The summed E-state index contributed by atoms with van der Waals surface area (Å²) >= 11 is 18.1. The van der Waals surface area contributed by atoms with E-state index in [4.69, 9.17) is 34.8 Å².